The Kier molecular flexibility index (Phi) is 8.49. The first-order valence-electron chi connectivity index (χ1n) is 7.63. The number of guanidine groups is 1. The van der Waals surface area contributed by atoms with E-state index in [1.165, 1.54) is 26.4 Å². The Hall–Kier alpha value is -2.24. The summed E-state index contributed by atoms with van der Waals surface area (Å²) in [4.78, 5) is 15.4. The highest BCUT2D eigenvalue weighted by atomic mass is 16.5. The van der Waals surface area contributed by atoms with Gasteiger partial charge in [0.05, 0.1) is 13.7 Å². The zero-order chi connectivity index (χ0) is 16.2. The molecule has 0 aromatic heterocycles. The molecule has 1 aromatic rings. The topological polar surface area (TPSA) is 88.7 Å². The molecule has 0 aliphatic carbocycles. The molecule has 0 saturated carbocycles. The van der Waals surface area contributed by atoms with Gasteiger partial charge in [-0.2, -0.15) is 0 Å². The lowest BCUT2D eigenvalue weighted by Crippen LogP contribution is -2.32. The molecule has 6 nitrogen and oxygen atoms in total. The van der Waals surface area contributed by atoms with E-state index in [1.807, 2.05) is 12.1 Å². The van der Waals surface area contributed by atoms with Gasteiger partial charge in [-0.05, 0) is 24.1 Å². The molecule has 0 aliphatic rings. The molecule has 6 heteroatoms. The van der Waals surface area contributed by atoms with Crippen LogP contribution in [0, 0.1) is 0 Å². The van der Waals surface area contributed by atoms with Gasteiger partial charge in [-0.1, -0.05) is 38.3 Å². The van der Waals surface area contributed by atoms with Gasteiger partial charge in [0.1, 0.15) is 0 Å². The van der Waals surface area contributed by atoms with Crippen molar-refractivity contribution in [2.45, 2.75) is 39.2 Å². The van der Waals surface area contributed by atoms with E-state index in [-0.39, 0.29) is 0 Å². The Morgan fingerprint density at radius 1 is 1.23 bits per heavy atom. The third kappa shape index (κ3) is 7.52. The quantitative estimate of drug-likeness (QED) is 0.391. The second-order valence-electron chi connectivity index (χ2n) is 5.00. The van der Waals surface area contributed by atoms with Crippen molar-refractivity contribution in [2.75, 3.05) is 19.0 Å². The summed E-state index contributed by atoms with van der Waals surface area (Å²) in [6.07, 6.45) is 4.32. The number of carbonyl (C=O) groups excluding carboxylic acids is 1. The Bertz CT molecular complexity index is 472. The number of hydrogen-bond acceptors (Lipinski definition) is 3. The summed E-state index contributed by atoms with van der Waals surface area (Å²) in [6.45, 7) is 3.55. The highest BCUT2D eigenvalue weighted by molar-refractivity contribution is 5.84. The van der Waals surface area contributed by atoms with E-state index >= 15 is 0 Å². The van der Waals surface area contributed by atoms with E-state index in [2.05, 4.69) is 27.3 Å². The molecular weight excluding hydrogens is 280 g/mol. The van der Waals surface area contributed by atoms with E-state index in [0.717, 1.165) is 18.5 Å². The molecule has 1 aromatic carbocycles. The predicted molar refractivity (Wildman–Crippen MR) is 89.9 cm³/mol. The van der Waals surface area contributed by atoms with Crippen molar-refractivity contribution in [1.29, 1.82) is 0 Å². The Morgan fingerprint density at radius 3 is 2.59 bits per heavy atom. The fraction of sp³-hybridized carbons (Fsp3) is 0.500. The van der Waals surface area contributed by atoms with Crippen molar-refractivity contribution in [3.05, 3.63) is 29.8 Å². The molecule has 1 rings (SSSR count). The number of anilines is 1. The van der Waals surface area contributed by atoms with Gasteiger partial charge >= 0.3 is 6.09 Å². The van der Waals surface area contributed by atoms with Crippen molar-refractivity contribution in [2.24, 2.45) is 10.7 Å². The zero-order valence-corrected chi connectivity index (χ0v) is 13.4. The molecule has 0 heterocycles. The number of rotatable bonds is 8. The maximum Gasteiger partial charge on any atom is 0.411 e. The molecule has 0 atom stereocenters. The average molecular weight is 306 g/mol. The number of unbranched alkanes of at least 4 members (excludes halogenated alkanes) is 3. The summed E-state index contributed by atoms with van der Waals surface area (Å²) < 4.78 is 4.53. The number of carbonyl (C=O) groups is 1. The van der Waals surface area contributed by atoms with Crippen LogP contribution in [0.1, 0.15) is 38.2 Å². The highest BCUT2D eigenvalue weighted by Gasteiger charge is 2.00. The molecule has 0 saturated heterocycles. The van der Waals surface area contributed by atoms with Gasteiger partial charge < -0.3 is 15.8 Å². The highest BCUT2D eigenvalue weighted by Crippen LogP contribution is 2.10. The van der Waals surface area contributed by atoms with Crippen LogP contribution in [0.4, 0.5) is 10.5 Å². The fourth-order valence-corrected chi connectivity index (χ4v) is 1.86. The molecule has 0 aliphatic heterocycles. The van der Waals surface area contributed by atoms with Crippen LogP contribution < -0.4 is 16.4 Å². The maximum absolute atomic E-state index is 11.1. The Balaban J connectivity index is 2.33. The Morgan fingerprint density at radius 2 is 1.95 bits per heavy atom. The van der Waals surface area contributed by atoms with E-state index in [4.69, 9.17) is 5.73 Å². The molecule has 0 unspecified atom stereocenters. The lowest BCUT2D eigenvalue weighted by Gasteiger charge is -2.06. The minimum absolute atomic E-state index is 0.466. The first-order valence-corrected chi connectivity index (χ1v) is 7.63. The van der Waals surface area contributed by atoms with Gasteiger partial charge in [0.25, 0.3) is 0 Å². The zero-order valence-electron chi connectivity index (χ0n) is 13.4. The van der Waals surface area contributed by atoms with Crippen molar-refractivity contribution >= 4 is 17.7 Å². The summed E-state index contributed by atoms with van der Waals surface area (Å²) in [5.74, 6) is 0.466. The number of nitrogens with two attached hydrogens (primary N) is 1. The number of hydrogen-bond donors (Lipinski definition) is 3. The molecule has 0 radical (unpaired) electrons. The molecule has 1 amide bonds. The van der Waals surface area contributed by atoms with Crippen LogP contribution in [0.2, 0.25) is 0 Å². The Labute approximate surface area is 132 Å². The van der Waals surface area contributed by atoms with Gasteiger partial charge in [-0.25, -0.2) is 9.79 Å². The second-order valence-corrected chi connectivity index (χ2v) is 5.00. The fourth-order valence-electron chi connectivity index (χ4n) is 1.86. The summed E-state index contributed by atoms with van der Waals surface area (Å²) in [5, 5.41) is 5.71. The summed E-state index contributed by atoms with van der Waals surface area (Å²) in [6, 6.07) is 7.39. The standard InChI is InChI=1S/C16H26N4O2/c1-3-4-5-6-11-18-15(17)19-12-13-7-9-14(10-8-13)20-16(21)22-2/h7-10H,3-6,11-12H2,1-2H3,(H,20,21)(H3,17,18,19). The lowest BCUT2D eigenvalue weighted by molar-refractivity contribution is 0.187. The van der Waals surface area contributed by atoms with Crippen molar-refractivity contribution in [3.63, 3.8) is 0 Å². The first-order chi connectivity index (χ1) is 10.7. The third-order valence-corrected chi connectivity index (χ3v) is 3.15. The van der Waals surface area contributed by atoms with Gasteiger partial charge in [-0.3, -0.25) is 5.32 Å². The number of nitrogens with one attached hydrogen (secondary N) is 2. The number of ether oxygens (including phenoxy) is 1. The van der Waals surface area contributed by atoms with E-state index in [9.17, 15) is 4.79 Å². The minimum Gasteiger partial charge on any atom is -0.453 e. The third-order valence-electron chi connectivity index (χ3n) is 3.15. The SMILES string of the molecule is CCCCCCNC(N)=NCc1ccc(NC(=O)OC)cc1. The lowest BCUT2D eigenvalue weighted by atomic mass is 10.2. The summed E-state index contributed by atoms with van der Waals surface area (Å²) >= 11 is 0. The minimum atomic E-state index is -0.484. The van der Waals surface area contributed by atoms with Crippen molar-refractivity contribution in [3.8, 4) is 0 Å². The largest absolute Gasteiger partial charge is 0.453 e. The van der Waals surface area contributed by atoms with Gasteiger partial charge in [0.2, 0.25) is 0 Å². The van der Waals surface area contributed by atoms with Crippen LogP contribution in [-0.2, 0) is 11.3 Å². The smallest absolute Gasteiger partial charge is 0.411 e. The van der Waals surface area contributed by atoms with Crippen LogP contribution in [0.5, 0.6) is 0 Å². The molecule has 122 valence electrons. The van der Waals surface area contributed by atoms with Crippen LogP contribution in [0.3, 0.4) is 0 Å². The normalized spacial score (nSPS) is 11.1. The van der Waals surface area contributed by atoms with Gasteiger partial charge in [0, 0.05) is 12.2 Å². The summed E-state index contributed by atoms with van der Waals surface area (Å²) in [5.41, 5.74) is 7.52. The predicted octanol–water partition coefficient (Wildman–Crippen LogP) is 2.85. The van der Waals surface area contributed by atoms with Crippen molar-refractivity contribution < 1.29 is 9.53 Å². The number of aliphatic imine (C=N–C) groups is 1. The molecule has 22 heavy (non-hydrogen) atoms. The van der Waals surface area contributed by atoms with Crippen molar-refractivity contribution in [1.82, 2.24) is 5.32 Å². The average Bonchev–Trinajstić information content (AvgIpc) is 2.54. The second kappa shape index (κ2) is 10.5. The van der Waals surface area contributed by atoms with E-state index in [0.29, 0.717) is 18.2 Å². The molecular formula is C16H26N4O2. The van der Waals surface area contributed by atoms with Crippen LogP contribution in [-0.4, -0.2) is 25.7 Å². The summed E-state index contributed by atoms with van der Waals surface area (Å²) in [7, 11) is 1.33. The molecule has 0 bridgehead atoms. The molecule has 0 fully saturated rings. The van der Waals surface area contributed by atoms with Crippen LogP contribution in [0.25, 0.3) is 0 Å². The van der Waals surface area contributed by atoms with Crippen LogP contribution in [0.15, 0.2) is 29.3 Å². The first kappa shape index (κ1) is 17.8. The van der Waals surface area contributed by atoms with Gasteiger partial charge in [-0.15, -0.1) is 0 Å². The number of nitrogens with zero attached hydrogens (tertiary/aromatic N) is 1. The number of benzene rings is 1. The monoisotopic (exact) mass is 306 g/mol. The number of methoxy groups -OCH3 is 1. The maximum atomic E-state index is 11.1. The molecule has 0 spiro atoms. The van der Waals surface area contributed by atoms with E-state index in [1.54, 1.807) is 12.1 Å². The molecule has 4 N–H and O–H groups in total. The van der Waals surface area contributed by atoms with Crippen LogP contribution >= 0.6 is 0 Å². The number of amides is 1. The van der Waals surface area contributed by atoms with Gasteiger partial charge in [0.15, 0.2) is 5.96 Å². The van der Waals surface area contributed by atoms with E-state index < -0.39 is 6.09 Å².